The van der Waals surface area contributed by atoms with Crippen molar-refractivity contribution in [3.8, 4) is 5.92 Å². The van der Waals surface area contributed by atoms with Gasteiger partial charge in [0.25, 0.3) is 0 Å². The molecule has 0 fully saturated rings. The van der Waals surface area contributed by atoms with Crippen LogP contribution in [0.25, 0.3) is 0 Å². The Morgan fingerprint density at radius 1 is 1.33 bits per heavy atom. The van der Waals surface area contributed by atoms with E-state index in [9.17, 15) is 8.78 Å². The van der Waals surface area contributed by atoms with Crippen LogP contribution in [0.15, 0.2) is 16.6 Å². The fourth-order valence-electron chi connectivity index (χ4n) is 0.829. The lowest BCUT2D eigenvalue weighted by atomic mass is 10.1. The highest BCUT2D eigenvalue weighted by Crippen LogP contribution is 2.19. The molecule has 61 valence electrons. The highest BCUT2D eigenvalue weighted by atomic mass is 79.9. The minimum Gasteiger partial charge on any atom is -0.207 e. The summed E-state index contributed by atoms with van der Waals surface area (Å²) in [5, 5.41) is 0. The van der Waals surface area contributed by atoms with Crippen molar-refractivity contribution >= 4 is 15.9 Å². The first-order valence-electron chi connectivity index (χ1n) is 3.18. The van der Waals surface area contributed by atoms with Gasteiger partial charge < -0.3 is 0 Å². The van der Waals surface area contributed by atoms with Crippen molar-refractivity contribution < 1.29 is 8.78 Å². The van der Waals surface area contributed by atoms with Crippen molar-refractivity contribution in [3.63, 3.8) is 0 Å². The van der Waals surface area contributed by atoms with E-state index >= 15 is 0 Å². The van der Waals surface area contributed by atoms with Crippen LogP contribution >= 0.6 is 15.9 Å². The fraction of sp³-hybridized carbons (Fsp3) is 0.111. The van der Waals surface area contributed by atoms with Gasteiger partial charge in [0.05, 0.1) is 0 Å². The van der Waals surface area contributed by atoms with Crippen molar-refractivity contribution in [2.24, 2.45) is 0 Å². The third kappa shape index (κ3) is 1.83. The molecule has 0 nitrogen and oxygen atoms in total. The minimum absolute atomic E-state index is 0.117. The maximum Gasteiger partial charge on any atom is 0.131 e. The van der Waals surface area contributed by atoms with E-state index in [1.165, 1.54) is 0 Å². The molecule has 0 bridgehead atoms. The molecule has 0 saturated heterocycles. The van der Waals surface area contributed by atoms with Crippen LogP contribution in [0.1, 0.15) is 5.56 Å². The topological polar surface area (TPSA) is 0 Å². The molecule has 0 spiro atoms. The highest BCUT2D eigenvalue weighted by molar-refractivity contribution is 9.10. The van der Waals surface area contributed by atoms with Crippen molar-refractivity contribution in [1.29, 1.82) is 0 Å². The molecule has 0 heterocycles. The van der Waals surface area contributed by atoms with Crippen LogP contribution in [0.4, 0.5) is 8.78 Å². The Balaban J connectivity index is 3.21. The molecule has 0 atom stereocenters. The third-order valence-electron chi connectivity index (χ3n) is 1.37. The predicted molar refractivity (Wildman–Crippen MR) is 44.9 cm³/mol. The summed E-state index contributed by atoms with van der Waals surface area (Å²) in [4.78, 5) is 0. The Morgan fingerprint density at radius 2 is 1.83 bits per heavy atom. The maximum absolute atomic E-state index is 12.9. The molecule has 0 saturated carbocycles. The normalized spacial score (nSPS) is 9.50. The average molecular weight is 230 g/mol. The second-order valence-electron chi connectivity index (χ2n) is 2.20. The summed E-state index contributed by atoms with van der Waals surface area (Å²) in [7, 11) is 0. The van der Waals surface area contributed by atoms with E-state index < -0.39 is 11.6 Å². The fourth-order valence-corrected chi connectivity index (χ4v) is 1.23. The summed E-state index contributed by atoms with van der Waals surface area (Å²) in [5.74, 6) is 0.637. The molecule has 0 aliphatic carbocycles. The van der Waals surface area contributed by atoms with Crippen molar-refractivity contribution in [1.82, 2.24) is 0 Å². The average Bonchev–Trinajstić information content (AvgIpc) is 1.96. The van der Waals surface area contributed by atoms with Crippen LogP contribution in [0.2, 0.25) is 0 Å². The molecule has 1 aromatic rings. The van der Waals surface area contributed by atoms with Gasteiger partial charge >= 0.3 is 0 Å². The quantitative estimate of drug-likeness (QED) is 0.650. The molecule has 12 heavy (non-hydrogen) atoms. The first kappa shape index (κ1) is 9.21. The Hall–Kier alpha value is -0.880. The summed E-state index contributed by atoms with van der Waals surface area (Å²) in [5.41, 5.74) is -0.117. The molecule has 1 radical (unpaired) electrons. The molecule has 0 amide bonds. The van der Waals surface area contributed by atoms with Gasteiger partial charge in [-0.3, -0.25) is 0 Å². The monoisotopic (exact) mass is 229 g/mol. The Labute approximate surface area is 77.7 Å². The summed E-state index contributed by atoms with van der Waals surface area (Å²) in [6.07, 6.45) is 6.46. The van der Waals surface area contributed by atoms with Crippen LogP contribution in [0, 0.1) is 24.0 Å². The van der Waals surface area contributed by atoms with E-state index in [4.69, 9.17) is 6.42 Å². The molecular formula is C9H4BrF2. The highest BCUT2D eigenvalue weighted by Gasteiger charge is 2.08. The molecule has 0 unspecified atom stereocenters. The molecule has 1 rings (SSSR count). The molecule has 0 aliphatic rings. The van der Waals surface area contributed by atoms with Crippen LogP contribution in [0.3, 0.4) is 0 Å². The standard InChI is InChI=1S/C9H4BrF2/c1-2-3-7-8(11)4-6(10)5-9(7)12/h4-5H,3H2. The zero-order valence-electron chi connectivity index (χ0n) is 6.00. The second kappa shape index (κ2) is 3.68. The van der Waals surface area contributed by atoms with Gasteiger partial charge in [0.1, 0.15) is 11.6 Å². The van der Waals surface area contributed by atoms with Gasteiger partial charge in [-0.05, 0) is 18.6 Å². The Morgan fingerprint density at radius 3 is 2.25 bits per heavy atom. The van der Waals surface area contributed by atoms with E-state index in [0.29, 0.717) is 4.47 Å². The van der Waals surface area contributed by atoms with Crippen molar-refractivity contribution in [2.45, 2.75) is 6.42 Å². The molecule has 0 N–H and O–H groups in total. The molecular weight excluding hydrogens is 226 g/mol. The van der Waals surface area contributed by atoms with E-state index in [2.05, 4.69) is 15.9 Å². The first-order valence-corrected chi connectivity index (χ1v) is 3.97. The first-order chi connectivity index (χ1) is 5.65. The van der Waals surface area contributed by atoms with E-state index in [-0.39, 0.29) is 12.0 Å². The molecule has 3 heteroatoms. The largest absolute Gasteiger partial charge is 0.207 e. The van der Waals surface area contributed by atoms with Gasteiger partial charge in [-0.1, -0.05) is 21.9 Å². The lowest BCUT2D eigenvalue weighted by Crippen LogP contribution is -1.93. The Bertz CT molecular complexity index is 316. The van der Waals surface area contributed by atoms with E-state index in [1.807, 2.05) is 5.92 Å². The van der Waals surface area contributed by atoms with Gasteiger partial charge in [-0.2, -0.15) is 0 Å². The van der Waals surface area contributed by atoms with Gasteiger partial charge in [-0.15, -0.1) is 0 Å². The second-order valence-corrected chi connectivity index (χ2v) is 3.12. The van der Waals surface area contributed by atoms with E-state index in [1.54, 1.807) is 0 Å². The third-order valence-corrected chi connectivity index (χ3v) is 1.83. The lowest BCUT2D eigenvalue weighted by Gasteiger charge is -2.00. The summed E-state index contributed by atoms with van der Waals surface area (Å²) >= 11 is 2.95. The number of benzene rings is 1. The van der Waals surface area contributed by atoms with Gasteiger partial charge in [0.2, 0.25) is 0 Å². The molecule has 1 aromatic carbocycles. The molecule has 0 aromatic heterocycles. The summed E-state index contributed by atoms with van der Waals surface area (Å²) in [6, 6.07) is 2.32. The zero-order valence-corrected chi connectivity index (χ0v) is 7.58. The predicted octanol–water partition coefficient (Wildman–Crippen LogP) is 2.86. The van der Waals surface area contributed by atoms with Gasteiger partial charge in [-0.25, -0.2) is 8.78 Å². The van der Waals surface area contributed by atoms with Crippen LogP contribution in [-0.2, 0) is 6.42 Å². The number of rotatable bonds is 1. The molecule has 0 aliphatic heterocycles. The smallest absolute Gasteiger partial charge is 0.131 e. The maximum atomic E-state index is 12.9. The minimum atomic E-state index is -0.651. The van der Waals surface area contributed by atoms with Gasteiger partial charge in [0, 0.05) is 16.5 Å². The number of hydrogen-bond donors (Lipinski definition) is 0. The van der Waals surface area contributed by atoms with Crippen molar-refractivity contribution in [2.75, 3.05) is 0 Å². The number of hydrogen-bond acceptors (Lipinski definition) is 0. The van der Waals surface area contributed by atoms with E-state index in [0.717, 1.165) is 12.1 Å². The summed E-state index contributed by atoms with van der Waals surface area (Å²) < 4.78 is 26.2. The lowest BCUT2D eigenvalue weighted by molar-refractivity contribution is 0.562. The zero-order chi connectivity index (χ0) is 9.14. The van der Waals surface area contributed by atoms with Crippen LogP contribution < -0.4 is 0 Å². The van der Waals surface area contributed by atoms with Gasteiger partial charge in [0.15, 0.2) is 0 Å². The Kier molecular flexibility index (Phi) is 2.83. The number of halogens is 3. The van der Waals surface area contributed by atoms with Crippen LogP contribution in [0.5, 0.6) is 0 Å². The SMILES string of the molecule is [C]#CCc1c(F)cc(Br)cc1F. The summed E-state index contributed by atoms with van der Waals surface area (Å²) in [6.45, 7) is 0. The van der Waals surface area contributed by atoms with Crippen molar-refractivity contribution in [3.05, 3.63) is 40.2 Å². The van der Waals surface area contributed by atoms with Crippen LogP contribution in [-0.4, -0.2) is 0 Å².